The van der Waals surface area contributed by atoms with Gasteiger partial charge in [-0.3, -0.25) is 9.78 Å². The number of carbonyl (C=O) groups excluding carboxylic acids is 1. The summed E-state index contributed by atoms with van der Waals surface area (Å²) in [7, 11) is 0. The van der Waals surface area contributed by atoms with Crippen molar-refractivity contribution in [2.45, 2.75) is 32.7 Å². The topological polar surface area (TPSA) is 42.0 Å². The molecule has 1 aromatic heterocycles. The third-order valence-corrected chi connectivity index (χ3v) is 2.89. The van der Waals surface area contributed by atoms with Crippen molar-refractivity contribution in [2.75, 3.05) is 0 Å². The monoisotopic (exact) mass is 204 g/mol. The summed E-state index contributed by atoms with van der Waals surface area (Å²) in [5, 5.41) is 3.01. The van der Waals surface area contributed by atoms with Gasteiger partial charge in [-0.1, -0.05) is 19.9 Å². The molecule has 1 aromatic rings. The van der Waals surface area contributed by atoms with Crippen molar-refractivity contribution in [1.29, 1.82) is 0 Å². The second-order valence-corrected chi connectivity index (χ2v) is 4.78. The second-order valence-electron chi connectivity index (χ2n) is 4.78. The van der Waals surface area contributed by atoms with Crippen LogP contribution in [0.1, 0.15) is 26.0 Å². The molecule has 3 heteroatoms. The van der Waals surface area contributed by atoms with Gasteiger partial charge >= 0.3 is 0 Å². The van der Waals surface area contributed by atoms with E-state index in [0.29, 0.717) is 0 Å². The van der Waals surface area contributed by atoms with Crippen molar-refractivity contribution >= 4 is 5.91 Å². The molecule has 2 heterocycles. The van der Waals surface area contributed by atoms with Crippen LogP contribution < -0.4 is 5.32 Å². The van der Waals surface area contributed by atoms with Gasteiger partial charge in [-0.25, -0.2) is 0 Å². The molecule has 1 atom stereocenters. The molecule has 0 aromatic carbocycles. The lowest BCUT2D eigenvalue weighted by molar-refractivity contribution is -0.126. The Hall–Kier alpha value is -1.38. The summed E-state index contributed by atoms with van der Waals surface area (Å²) in [4.78, 5) is 15.8. The quantitative estimate of drug-likeness (QED) is 0.794. The summed E-state index contributed by atoms with van der Waals surface area (Å²) in [5.74, 6) is 0.156. The summed E-state index contributed by atoms with van der Waals surface area (Å²) < 4.78 is 0. The van der Waals surface area contributed by atoms with Crippen LogP contribution in [0.15, 0.2) is 24.4 Å². The Balaban J connectivity index is 2.02. The van der Waals surface area contributed by atoms with Crippen LogP contribution in [0.25, 0.3) is 0 Å². The Morgan fingerprint density at radius 3 is 2.87 bits per heavy atom. The van der Waals surface area contributed by atoms with Gasteiger partial charge in [0, 0.05) is 29.8 Å². The third-order valence-electron chi connectivity index (χ3n) is 2.89. The lowest BCUT2D eigenvalue weighted by Gasteiger charge is -2.12. The average molecular weight is 204 g/mol. The van der Waals surface area contributed by atoms with Gasteiger partial charge in [-0.2, -0.15) is 0 Å². The van der Waals surface area contributed by atoms with Crippen molar-refractivity contribution in [3.05, 3.63) is 30.1 Å². The van der Waals surface area contributed by atoms with Gasteiger partial charge in [0.25, 0.3) is 0 Å². The Labute approximate surface area is 89.9 Å². The molecule has 1 saturated heterocycles. The van der Waals surface area contributed by atoms with Gasteiger partial charge in [-0.05, 0) is 18.6 Å². The molecule has 15 heavy (non-hydrogen) atoms. The van der Waals surface area contributed by atoms with Gasteiger partial charge in [0.15, 0.2) is 0 Å². The largest absolute Gasteiger partial charge is 0.352 e. The predicted octanol–water partition coefficient (Wildman–Crippen LogP) is 1.54. The maximum absolute atomic E-state index is 11.6. The summed E-state index contributed by atoms with van der Waals surface area (Å²) >= 11 is 0. The number of pyridine rings is 1. The van der Waals surface area contributed by atoms with Crippen LogP contribution in [0.3, 0.4) is 0 Å². The zero-order valence-corrected chi connectivity index (χ0v) is 9.16. The van der Waals surface area contributed by atoms with E-state index in [9.17, 15) is 4.79 Å². The summed E-state index contributed by atoms with van der Waals surface area (Å²) in [6, 6.07) is 6.12. The highest BCUT2D eigenvalue weighted by Crippen LogP contribution is 2.29. The maximum Gasteiger partial charge on any atom is 0.225 e. The van der Waals surface area contributed by atoms with E-state index in [1.54, 1.807) is 6.20 Å². The second kappa shape index (κ2) is 3.65. The van der Waals surface area contributed by atoms with E-state index in [-0.39, 0.29) is 17.4 Å². The highest BCUT2D eigenvalue weighted by molar-refractivity contribution is 5.84. The number of rotatable bonds is 2. The van der Waals surface area contributed by atoms with E-state index in [2.05, 4.69) is 10.3 Å². The first kappa shape index (κ1) is 10.1. The molecule has 80 valence electrons. The van der Waals surface area contributed by atoms with E-state index in [1.165, 1.54) is 0 Å². The van der Waals surface area contributed by atoms with Crippen LogP contribution in [-0.2, 0) is 11.2 Å². The van der Waals surface area contributed by atoms with Gasteiger partial charge in [0.05, 0.1) is 0 Å². The van der Waals surface area contributed by atoms with E-state index < -0.39 is 0 Å². The van der Waals surface area contributed by atoms with Crippen LogP contribution in [-0.4, -0.2) is 16.9 Å². The number of aromatic nitrogens is 1. The van der Waals surface area contributed by atoms with Gasteiger partial charge in [0.2, 0.25) is 5.91 Å². The smallest absolute Gasteiger partial charge is 0.225 e. The van der Waals surface area contributed by atoms with E-state index >= 15 is 0 Å². The van der Waals surface area contributed by atoms with E-state index in [0.717, 1.165) is 18.5 Å². The maximum atomic E-state index is 11.6. The standard InChI is InChI=1S/C12H16N2O/c1-12(2)8-10(14-11(12)15)7-9-5-3-4-6-13-9/h3-6,10H,7-8H2,1-2H3,(H,14,15)/t10-/m0/s1. The lowest BCUT2D eigenvalue weighted by atomic mass is 9.89. The number of hydrogen-bond donors (Lipinski definition) is 1. The fourth-order valence-corrected chi connectivity index (χ4v) is 2.04. The summed E-state index contributed by atoms with van der Waals surface area (Å²) in [5.41, 5.74) is 0.819. The molecule has 2 rings (SSSR count). The molecule has 0 spiro atoms. The Kier molecular flexibility index (Phi) is 2.47. The molecule has 3 nitrogen and oxygen atoms in total. The first-order chi connectivity index (χ1) is 7.08. The highest BCUT2D eigenvalue weighted by Gasteiger charge is 2.38. The molecular formula is C12H16N2O. The fraction of sp³-hybridized carbons (Fsp3) is 0.500. The zero-order valence-electron chi connectivity index (χ0n) is 9.16. The number of carbonyl (C=O) groups is 1. The highest BCUT2D eigenvalue weighted by atomic mass is 16.2. The minimum absolute atomic E-state index is 0.156. The van der Waals surface area contributed by atoms with Crippen LogP contribution in [0.2, 0.25) is 0 Å². The molecule has 0 radical (unpaired) electrons. The first-order valence-corrected chi connectivity index (χ1v) is 5.29. The molecule has 0 saturated carbocycles. The number of amides is 1. The number of hydrogen-bond acceptors (Lipinski definition) is 2. The fourth-order valence-electron chi connectivity index (χ4n) is 2.04. The summed E-state index contributed by atoms with van der Waals surface area (Å²) in [6.45, 7) is 3.97. The van der Waals surface area contributed by atoms with E-state index in [4.69, 9.17) is 0 Å². The van der Waals surface area contributed by atoms with E-state index in [1.807, 2.05) is 32.0 Å². The summed E-state index contributed by atoms with van der Waals surface area (Å²) in [6.07, 6.45) is 3.51. The van der Waals surface area contributed by atoms with Gasteiger partial charge in [0.1, 0.15) is 0 Å². The SMILES string of the molecule is CC1(C)C[C@H](Cc2ccccn2)NC1=O. The van der Waals surface area contributed by atoms with Crippen LogP contribution in [0, 0.1) is 5.41 Å². The van der Waals surface area contributed by atoms with Gasteiger partial charge in [-0.15, -0.1) is 0 Å². The minimum atomic E-state index is -0.223. The molecule has 0 unspecified atom stereocenters. The number of nitrogens with one attached hydrogen (secondary N) is 1. The van der Waals surface area contributed by atoms with Crippen molar-refractivity contribution in [2.24, 2.45) is 5.41 Å². The Morgan fingerprint density at radius 2 is 2.33 bits per heavy atom. The van der Waals surface area contributed by atoms with Crippen LogP contribution >= 0.6 is 0 Å². The third kappa shape index (κ3) is 2.17. The molecule has 0 bridgehead atoms. The zero-order chi connectivity index (χ0) is 10.9. The minimum Gasteiger partial charge on any atom is -0.352 e. The molecule has 0 aliphatic carbocycles. The molecule has 1 N–H and O–H groups in total. The average Bonchev–Trinajstić information content (AvgIpc) is 2.42. The Bertz CT molecular complexity index is 359. The van der Waals surface area contributed by atoms with Gasteiger partial charge < -0.3 is 5.32 Å². The van der Waals surface area contributed by atoms with Crippen molar-refractivity contribution in [3.63, 3.8) is 0 Å². The predicted molar refractivity (Wildman–Crippen MR) is 58.3 cm³/mol. The van der Waals surface area contributed by atoms with Crippen LogP contribution in [0.4, 0.5) is 0 Å². The molecule has 1 aliphatic heterocycles. The van der Waals surface area contributed by atoms with Crippen LogP contribution in [0.5, 0.6) is 0 Å². The molecule has 1 amide bonds. The van der Waals surface area contributed by atoms with Crippen molar-refractivity contribution in [3.8, 4) is 0 Å². The molecular weight excluding hydrogens is 188 g/mol. The first-order valence-electron chi connectivity index (χ1n) is 5.29. The Morgan fingerprint density at radius 1 is 1.53 bits per heavy atom. The lowest BCUT2D eigenvalue weighted by Crippen LogP contribution is -2.29. The molecule has 1 fully saturated rings. The number of nitrogens with zero attached hydrogens (tertiary/aromatic N) is 1. The van der Waals surface area contributed by atoms with Crippen molar-refractivity contribution < 1.29 is 4.79 Å². The molecule has 1 aliphatic rings. The normalized spacial score (nSPS) is 23.9. The van der Waals surface area contributed by atoms with Crippen molar-refractivity contribution in [1.82, 2.24) is 10.3 Å².